The summed E-state index contributed by atoms with van der Waals surface area (Å²) in [6.45, 7) is 2.71. The minimum absolute atomic E-state index is 0.240. The zero-order valence-corrected chi connectivity index (χ0v) is 9.31. The van der Waals surface area contributed by atoms with Gasteiger partial charge in [-0.3, -0.25) is 4.68 Å². The first kappa shape index (κ1) is 10.6. The molecule has 0 saturated heterocycles. The average molecular weight is 210 g/mol. The van der Waals surface area contributed by atoms with Crippen molar-refractivity contribution in [2.75, 3.05) is 6.61 Å². The van der Waals surface area contributed by atoms with Gasteiger partial charge in [-0.1, -0.05) is 0 Å². The van der Waals surface area contributed by atoms with E-state index in [4.69, 9.17) is 4.74 Å². The van der Waals surface area contributed by atoms with Gasteiger partial charge in [-0.2, -0.15) is 5.10 Å². The summed E-state index contributed by atoms with van der Waals surface area (Å²) in [6, 6.07) is 1.95. The van der Waals surface area contributed by atoms with Crippen LogP contribution in [-0.4, -0.2) is 33.2 Å². The van der Waals surface area contributed by atoms with E-state index < -0.39 is 5.60 Å². The molecule has 1 N–H and O–H groups in total. The van der Waals surface area contributed by atoms with Crippen LogP contribution in [-0.2, 0) is 18.2 Å². The van der Waals surface area contributed by atoms with Crippen LogP contribution in [0.1, 0.15) is 25.5 Å². The summed E-state index contributed by atoms with van der Waals surface area (Å²) < 4.78 is 7.19. The summed E-state index contributed by atoms with van der Waals surface area (Å²) in [6.07, 6.45) is 4.24. The Bertz CT molecular complexity index is 329. The smallest absolute Gasteiger partial charge is 0.0753 e. The van der Waals surface area contributed by atoms with E-state index in [0.29, 0.717) is 6.42 Å². The Kier molecular flexibility index (Phi) is 2.80. The number of nitrogens with zero attached hydrogens (tertiary/aromatic N) is 2. The molecule has 0 amide bonds. The minimum atomic E-state index is -0.589. The maximum absolute atomic E-state index is 10.1. The average Bonchev–Trinajstić information content (AvgIpc) is 2.49. The van der Waals surface area contributed by atoms with Crippen LogP contribution in [0.2, 0.25) is 0 Å². The number of aromatic nitrogens is 2. The van der Waals surface area contributed by atoms with Crippen molar-refractivity contribution in [1.82, 2.24) is 9.78 Å². The van der Waals surface area contributed by atoms with Crippen molar-refractivity contribution in [3.63, 3.8) is 0 Å². The predicted molar refractivity (Wildman–Crippen MR) is 56.5 cm³/mol. The molecule has 0 aromatic carbocycles. The van der Waals surface area contributed by atoms with Crippen molar-refractivity contribution >= 4 is 0 Å². The van der Waals surface area contributed by atoms with Gasteiger partial charge in [-0.25, -0.2) is 0 Å². The van der Waals surface area contributed by atoms with Gasteiger partial charge in [0, 0.05) is 39.1 Å². The number of aliphatic hydroxyl groups is 1. The second kappa shape index (κ2) is 3.94. The molecule has 1 aliphatic carbocycles. The highest BCUT2D eigenvalue weighted by atomic mass is 16.5. The fraction of sp³-hybridized carbons (Fsp3) is 0.727. The van der Waals surface area contributed by atoms with E-state index in [0.717, 1.165) is 25.1 Å². The lowest BCUT2D eigenvalue weighted by atomic mass is 9.74. The van der Waals surface area contributed by atoms with Crippen molar-refractivity contribution < 1.29 is 9.84 Å². The largest absolute Gasteiger partial charge is 0.389 e. The minimum Gasteiger partial charge on any atom is -0.389 e. The summed E-state index contributed by atoms with van der Waals surface area (Å²) in [7, 11) is 1.89. The molecule has 84 valence electrons. The molecule has 0 aliphatic heterocycles. The van der Waals surface area contributed by atoms with E-state index in [9.17, 15) is 5.11 Å². The lowest BCUT2D eigenvalue weighted by Gasteiger charge is -2.42. The monoisotopic (exact) mass is 210 g/mol. The third kappa shape index (κ3) is 2.38. The summed E-state index contributed by atoms with van der Waals surface area (Å²) in [5, 5.41) is 14.4. The molecule has 0 unspecified atom stereocenters. The molecule has 1 aromatic heterocycles. The molecular formula is C11H18N2O2. The number of aryl methyl sites for hydroxylation is 1. The Morgan fingerprint density at radius 1 is 1.67 bits per heavy atom. The first-order valence-electron chi connectivity index (χ1n) is 5.44. The lowest BCUT2D eigenvalue weighted by Crippen LogP contribution is -2.50. The quantitative estimate of drug-likeness (QED) is 0.803. The van der Waals surface area contributed by atoms with E-state index in [1.807, 2.05) is 26.2 Å². The van der Waals surface area contributed by atoms with Gasteiger partial charge >= 0.3 is 0 Å². The van der Waals surface area contributed by atoms with E-state index in [2.05, 4.69) is 5.10 Å². The van der Waals surface area contributed by atoms with Gasteiger partial charge in [0.1, 0.15) is 0 Å². The fourth-order valence-corrected chi connectivity index (χ4v) is 2.18. The van der Waals surface area contributed by atoms with Gasteiger partial charge in [-0.05, 0) is 13.0 Å². The van der Waals surface area contributed by atoms with Crippen molar-refractivity contribution in [2.24, 2.45) is 7.05 Å². The molecule has 0 bridgehead atoms. The van der Waals surface area contributed by atoms with Gasteiger partial charge in [0.25, 0.3) is 0 Å². The molecule has 4 nitrogen and oxygen atoms in total. The summed E-state index contributed by atoms with van der Waals surface area (Å²) >= 11 is 0. The molecular weight excluding hydrogens is 192 g/mol. The molecule has 0 radical (unpaired) electrons. The van der Waals surface area contributed by atoms with Gasteiger partial charge in [-0.15, -0.1) is 0 Å². The second-order valence-corrected chi connectivity index (χ2v) is 4.37. The molecule has 1 fully saturated rings. The molecule has 1 heterocycles. The van der Waals surface area contributed by atoms with Crippen LogP contribution in [0.25, 0.3) is 0 Å². The Morgan fingerprint density at radius 3 is 2.93 bits per heavy atom. The fourth-order valence-electron chi connectivity index (χ4n) is 2.18. The number of ether oxygens (including phenoxy) is 1. The summed E-state index contributed by atoms with van der Waals surface area (Å²) in [5.74, 6) is 0. The van der Waals surface area contributed by atoms with E-state index >= 15 is 0 Å². The van der Waals surface area contributed by atoms with Gasteiger partial charge < -0.3 is 9.84 Å². The summed E-state index contributed by atoms with van der Waals surface area (Å²) in [5.41, 5.74) is 0.365. The maximum atomic E-state index is 10.1. The summed E-state index contributed by atoms with van der Waals surface area (Å²) in [4.78, 5) is 0. The van der Waals surface area contributed by atoms with Gasteiger partial charge in [0.2, 0.25) is 0 Å². The maximum Gasteiger partial charge on any atom is 0.0753 e. The van der Waals surface area contributed by atoms with Crippen LogP contribution in [0.4, 0.5) is 0 Å². The molecule has 4 heteroatoms. The highest BCUT2D eigenvalue weighted by Gasteiger charge is 2.43. The first-order valence-corrected chi connectivity index (χ1v) is 5.44. The van der Waals surface area contributed by atoms with Gasteiger partial charge in [0.15, 0.2) is 0 Å². The molecule has 1 aliphatic rings. The van der Waals surface area contributed by atoms with Crippen LogP contribution in [0, 0.1) is 0 Å². The van der Waals surface area contributed by atoms with Crippen LogP contribution in [0.5, 0.6) is 0 Å². The Labute approximate surface area is 89.9 Å². The highest BCUT2D eigenvalue weighted by molar-refractivity contribution is 5.08. The van der Waals surface area contributed by atoms with E-state index in [1.54, 1.807) is 4.68 Å². The van der Waals surface area contributed by atoms with Crippen LogP contribution in [0.3, 0.4) is 0 Å². The number of hydrogen-bond donors (Lipinski definition) is 1. The number of rotatable bonds is 4. The van der Waals surface area contributed by atoms with E-state index in [-0.39, 0.29) is 6.10 Å². The van der Waals surface area contributed by atoms with Crippen molar-refractivity contribution in [1.29, 1.82) is 0 Å². The van der Waals surface area contributed by atoms with Crippen molar-refractivity contribution in [2.45, 2.75) is 37.9 Å². The van der Waals surface area contributed by atoms with Crippen LogP contribution >= 0.6 is 0 Å². The zero-order valence-electron chi connectivity index (χ0n) is 9.31. The lowest BCUT2D eigenvalue weighted by molar-refractivity contribution is -0.136. The number of hydrogen-bond acceptors (Lipinski definition) is 3. The second-order valence-electron chi connectivity index (χ2n) is 4.37. The third-order valence-corrected chi connectivity index (χ3v) is 2.90. The normalized spacial score (nSPS) is 30.2. The Balaban J connectivity index is 1.86. The molecule has 2 rings (SSSR count). The van der Waals surface area contributed by atoms with Crippen LogP contribution < -0.4 is 0 Å². The van der Waals surface area contributed by atoms with Gasteiger partial charge in [0.05, 0.1) is 17.4 Å². The molecule has 0 atom stereocenters. The molecule has 1 saturated carbocycles. The van der Waals surface area contributed by atoms with Crippen LogP contribution in [0.15, 0.2) is 12.3 Å². The predicted octanol–water partition coefficient (Wildman–Crippen LogP) is 0.893. The molecule has 1 aromatic rings. The standard InChI is InChI=1S/C11H18N2O2/c1-3-15-10-7-11(14,8-10)6-9-4-5-13(2)12-9/h4-5,10,14H,3,6-8H2,1-2H3. The Morgan fingerprint density at radius 2 is 2.40 bits per heavy atom. The Hall–Kier alpha value is -0.870. The van der Waals surface area contributed by atoms with Crippen molar-refractivity contribution in [3.8, 4) is 0 Å². The SMILES string of the molecule is CCOC1CC(O)(Cc2ccn(C)n2)C1. The van der Waals surface area contributed by atoms with Crippen molar-refractivity contribution in [3.05, 3.63) is 18.0 Å². The molecule has 0 spiro atoms. The molecule has 15 heavy (non-hydrogen) atoms. The first-order chi connectivity index (χ1) is 7.11. The topological polar surface area (TPSA) is 47.3 Å². The highest BCUT2D eigenvalue weighted by Crippen LogP contribution is 2.36. The zero-order chi connectivity index (χ0) is 10.9. The van der Waals surface area contributed by atoms with E-state index in [1.165, 1.54) is 0 Å². The third-order valence-electron chi connectivity index (χ3n) is 2.90.